The van der Waals surface area contributed by atoms with Crippen molar-refractivity contribution < 1.29 is 14.3 Å². The van der Waals surface area contributed by atoms with Crippen molar-refractivity contribution >= 4 is 23.6 Å². The molecule has 1 rings (SSSR count). The van der Waals surface area contributed by atoms with Gasteiger partial charge in [0.25, 0.3) is 0 Å². The number of thioether (sulfide) groups is 1. The van der Waals surface area contributed by atoms with E-state index in [-0.39, 0.29) is 17.6 Å². The Morgan fingerprint density at radius 1 is 1.50 bits per heavy atom. The minimum Gasteiger partial charge on any atom is -0.469 e. The van der Waals surface area contributed by atoms with Crippen LogP contribution in [0.15, 0.2) is 5.16 Å². The maximum absolute atomic E-state index is 11.6. The minimum atomic E-state index is -0.283. The number of nitrogens with one attached hydrogen (secondary N) is 1. The van der Waals surface area contributed by atoms with Crippen LogP contribution in [0.3, 0.4) is 0 Å². The Balaban J connectivity index is 2.19. The highest BCUT2D eigenvalue weighted by Gasteiger charge is 2.09. The monoisotopic (exact) mass is 302 g/mol. The number of carbonyl (C=O) groups is 2. The molecular weight excluding hydrogens is 284 g/mol. The van der Waals surface area contributed by atoms with Gasteiger partial charge in [-0.1, -0.05) is 11.8 Å². The first-order chi connectivity index (χ1) is 9.67. The second-order valence-corrected chi connectivity index (χ2v) is 4.73. The lowest BCUT2D eigenvalue weighted by molar-refractivity contribution is -0.140. The quantitative estimate of drug-likeness (QED) is 0.331. The SMILES string of the molecule is COC(=O)CCCNC(=O)CSc1nnnn1CCN. The van der Waals surface area contributed by atoms with E-state index in [2.05, 4.69) is 25.6 Å². The summed E-state index contributed by atoms with van der Waals surface area (Å²) < 4.78 is 6.05. The Labute approximate surface area is 120 Å². The first-order valence-electron chi connectivity index (χ1n) is 6.10. The fraction of sp³-hybridized carbons (Fsp3) is 0.700. The van der Waals surface area contributed by atoms with Crippen molar-refractivity contribution in [2.24, 2.45) is 5.73 Å². The summed E-state index contributed by atoms with van der Waals surface area (Å²) in [6, 6.07) is 0. The lowest BCUT2D eigenvalue weighted by Gasteiger charge is -2.04. The van der Waals surface area contributed by atoms with E-state index in [9.17, 15) is 9.59 Å². The average molecular weight is 302 g/mol. The number of esters is 1. The number of methoxy groups -OCH3 is 1. The third kappa shape index (κ3) is 5.97. The van der Waals surface area contributed by atoms with Crippen molar-refractivity contribution in [1.82, 2.24) is 25.5 Å². The Kier molecular flexibility index (Phi) is 7.58. The summed E-state index contributed by atoms with van der Waals surface area (Å²) in [4.78, 5) is 22.4. The van der Waals surface area contributed by atoms with Crippen LogP contribution in [0.5, 0.6) is 0 Å². The summed E-state index contributed by atoms with van der Waals surface area (Å²) >= 11 is 1.24. The van der Waals surface area contributed by atoms with E-state index >= 15 is 0 Å². The molecule has 1 amide bonds. The molecule has 1 heterocycles. The zero-order chi connectivity index (χ0) is 14.8. The van der Waals surface area contributed by atoms with Gasteiger partial charge in [-0.3, -0.25) is 9.59 Å². The van der Waals surface area contributed by atoms with E-state index in [0.29, 0.717) is 37.6 Å². The maximum Gasteiger partial charge on any atom is 0.305 e. The van der Waals surface area contributed by atoms with Crippen LogP contribution in [0.4, 0.5) is 0 Å². The van der Waals surface area contributed by atoms with E-state index in [4.69, 9.17) is 5.73 Å². The van der Waals surface area contributed by atoms with Crippen LogP contribution in [-0.2, 0) is 20.9 Å². The van der Waals surface area contributed by atoms with Gasteiger partial charge in [0, 0.05) is 19.5 Å². The van der Waals surface area contributed by atoms with Crippen LogP contribution in [0.2, 0.25) is 0 Å². The van der Waals surface area contributed by atoms with Gasteiger partial charge in [0.15, 0.2) is 0 Å². The molecule has 0 spiro atoms. The number of tetrazole rings is 1. The van der Waals surface area contributed by atoms with Gasteiger partial charge in [-0.25, -0.2) is 4.68 Å². The van der Waals surface area contributed by atoms with E-state index in [0.717, 1.165) is 0 Å². The molecule has 20 heavy (non-hydrogen) atoms. The van der Waals surface area contributed by atoms with Gasteiger partial charge in [0.05, 0.1) is 19.4 Å². The van der Waals surface area contributed by atoms with Gasteiger partial charge in [0.1, 0.15) is 0 Å². The lowest BCUT2D eigenvalue weighted by atomic mass is 10.3. The minimum absolute atomic E-state index is 0.137. The molecule has 0 atom stereocenters. The molecule has 1 aromatic rings. The van der Waals surface area contributed by atoms with Gasteiger partial charge in [-0.15, -0.1) is 5.10 Å². The van der Waals surface area contributed by atoms with Crippen molar-refractivity contribution in [3.63, 3.8) is 0 Å². The van der Waals surface area contributed by atoms with Crippen LogP contribution in [0, 0.1) is 0 Å². The predicted molar refractivity (Wildman–Crippen MR) is 71.9 cm³/mol. The number of nitrogens with two attached hydrogens (primary N) is 1. The molecule has 0 aromatic carbocycles. The zero-order valence-corrected chi connectivity index (χ0v) is 12.1. The molecule has 0 aliphatic heterocycles. The van der Waals surface area contributed by atoms with Crippen LogP contribution in [0.25, 0.3) is 0 Å². The van der Waals surface area contributed by atoms with Crippen LogP contribution in [0.1, 0.15) is 12.8 Å². The zero-order valence-electron chi connectivity index (χ0n) is 11.2. The van der Waals surface area contributed by atoms with Crippen LogP contribution in [-0.4, -0.2) is 58.0 Å². The second kappa shape index (κ2) is 9.26. The molecule has 10 heteroatoms. The number of hydrogen-bond donors (Lipinski definition) is 2. The standard InChI is InChI=1S/C10H18N6O3S/c1-19-9(18)3-2-5-12-8(17)7-20-10-13-14-15-16(10)6-4-11/h2-7,11H2,1H3,(H,12,17). The van der Waals surface area contributed by atoms with Gasteiger partial charge >= 0.3 is 5.97 Å². The lowest BCUT2D eigenvalue weighted by Crippen LogP contribution is -2.26. The molecule has 0 bridgehead atoms. The normalized spacial score (nSPS) is 10.3. The summed E-state index contributed by atoms with van der Waals surface area (Å²) in [5, 5.41) is 14.4. The van der Waals surface area contributed by atoms with Crippen molar-refractivity contribution in [3.8, 4) is 0 Å². The molecule has 0 aliphatic rings. The van der Waals surface area contributed by atoms with Crippen molar-refractivity contribution in [2.45, 2.75) is 24.5 Å². The topological polar surface area (TPSA) is 125 Å². The Morgan fingerprint density at radius 2 is 2.30 bits per heavy atom. The molecule has 0 fully saturated rings. The molecule has 0 saturated heterocycles. The molecule has 0 saturated carbocycles. The molecular formula is C10H18N6O3S. The summed E-state index contributed by atoms with van der Waals surface area (Å²) in [7, 11) is 1.34. The maximum atomic E-state index is 11.6. The van der Waals surface area contributed by atoms with Gasteiger partial charge < -0.3 is 15.8 Å². The van der Waals surface area contributed by atoms with Gasteiger partial charge in [-0.2, -0.15) is 0 Å². The molecule has 112 valence electrons. The molecule has 1 aromatic heterocycles. The van der Waals surface area contributed by atoms with E-state index in [1.54, 1.807) is 4.68 Å². The van der Waals surface area contributed by atoms with Crippen molar-refractivity contribution in [3.05, 3.63) is 0 Å². The predicted octanol–water partition coefficient (Wildman–Crippen LogP) is -1.21. The molecule has 3 N–H and O–H groups in total. The number of carbonyl (C=O) groups excluding carboxylic acids is 2. The number of aromatic nitrogens is 4. The molecule has 0 unspecified atom stereocenters. The van der Waals surface area contributed by atoms with Crippen LogP contribution >= 0.6 is 11.8 Å². The Morgan fingerprint density at radius 3 is 3.00 bits per heavy atom. The third-order valence-corrected chi connectivity index (χ3v) is 3.24. The van der Waals surface area contributed by atoms with E-state index < -0.39 is 0 Å². The third-order valence-electron chi connectivity index (χ3n) is 2.28. The highest BCUT2D eigenvalue weighted by atomic mass is 32.2. The average Bonchev–Trinajstić information content (AvgIpc) is 2.89. The first kappa shape index (κ1) is 16.4. The summed E-state index contributed by atoms with van der Waals surface area (Å²) in [6.07, 6.45) is 0.840. The summed E-state index contributed by atoms with van der Waals surface area (Å²) in [5.74, 6) is -0.208. The fourth-order valence-corrected chi connectivity index (χ4v) is 2.04. The molecule has 9 nitrogen and oxygen atoms in total. The highest BCUT2D eigenvalue weighted by Crippen LogP contribution is 2.12. The number of rotatable bonds is 9. The largest absolute Gasteiger partial charge is 0.469 e. The number of ether oxygens (including phenoxy) is 1. The number of nitrogens with zero attached hydrogens (tertiary/aromatic N) is 4. The Hall–Kier alpha value is -1.68. The summed E-state index contributed by atoms with van der Waals surface area (Å²) in [5.41, 5.74) is 5.42. The Bertz CT molecular complexity index is 438. The van der Waals surface area contributed by atoms with Crippen molar-refractivity contribution in [2.75, 3.05) is 26.0 Å². The van der Waals surface area contributed by atoms with Gasteiger partial charge in [-0.05, 0) is 16.8 Å². The molecule has 0 aliphatic carbocycles. The van der Waals surface area contributed by atoms with Crippen LogP contribution < -0.4 is 11.1 Å². The van der Waals surface area contributed by atoms with E-state index in [1.807, 2.05) is 0 Å². The van der Waals surface area contributed by atoms with E-state index in [1.165, 1.54) is 18.9 Å². The fourth-order valence-electron chi connectivity index (χ4n) is 1.31. The molecule has 0 radical (unpaired) electrons. The first-order valence-corrected chi connectivity index (χ1v) is 7.08. The van der Waals surface area contributed by atoms with Crippen molar-refractivity contribution in [1.29, 1.82) is 0 Å². The highest BCUT2D eigenvalue weighted by molar-refractivity contribution is 7.99. The number of amides is 1. The smallest absolute Gasteiger partial charge is 0.305 e. The summed E-state index contributed by atoms with van der Waals surface area (Å²) in [6.45, 7) is 1.37. The van der Waals surface area contributed by atoms with Gasteiger partial charge in [0.2, 0.25) is 11.1 Å². The second-order valence-electron chi connectivity index (χ2n) is 3.79. The number of hydrogen-bond acceptors (Lipinski definition) is 8.